The van der Waals surface area contributed by atoms with Crippen LogP contribution in [0.5, 0.6) is 5.75 Å². The zero-order valence-corrected chi connectivity index (χ0v) is 16.9. The summed E-state index contributed by atoms with van der Waals surface area (Å²) in [6.45, 7) is 6.05. The molecule has 150 valence electrons. The van der Waals surface area contributed by atoms with E-state index in [9.17, 15) is 4.79 Å². The highest BCUT2D eigenvalue weighted by Crippen LogP contribution is 2.38. The lowest BCUT2D eigenvalue weighted by molar-refractivity contribution is 0.0970. The number of hydrogen-bond donors (Lipinski definition) is 1. The topological polar surface area (TPSA) is 72.3 Å². The van der Waals surface area contributed by atoms with E-state index in [4.69, 9.17) is 4.74 Å². The Hall–Kier alpha value is -2.41. The molecule has 2 fully saturated rings. The number of carbonyl (C=O) groups is 1. The predicted molar refractivity (Wildman–Crippen MR) is 108 cm³/mol. The lowest BCUT2D eigenvalue weighted by Gasteiger charge is -2.29. The third kappa shape index (κ3) is 3.63. The number of hydrogen-bond acceptors (Lipinski definition) is 5. The maximum Gasteiger partial charge on any atom is 0.280 e. The highest BCUT2D eigenvalue weighted by molar-refractivity contribution is 6.05. The molecule has 7 nitrogen and oxygen atoms in total. The van der Waals surface area contributed by atoms with Crippen molar-refractivity contribution in [2.24, 2.45) is 5.92 Å². The van der Waals surface area contributed by atoms with E-state index in [2.05, 4.69) is 22.6 Å². The molecule has 1 aromatic heterocycles. The molecule has 1 saturated heterocycles. The summed E-state index contributed by atoms with van der Waals surface area (Å²) in [5.74, 6) is 1.26. The second-order valence-corrected chi connectivity index (χ2v) is 7.90. The monoisotopic (exact) mass is 383 g/mol. The quantitative estimate of drug-likeness (QED) is 0.830. The number of benzene rings is 1. The van der Waals surface area contributed by atoms with Crippen LogP contribution in [0.4, 0.5) is 5.69 Å². The van der Waals surface area contributed by atoms with Crippen LogP contribution in [0.15, 0.2) is 24.3 Å². The molecule has 0 radical (unpaired) electrons. The molecule has 1 N–H and O–H groups in total. The number of nitrogens with zero attached hydrogens (tertiary/aromatic N) is 4. The Bertz CT molecular complexity index is 822. The van der Waals surface area contributed by atoms with E-state index in [1.54, 1.807) is 7.11 Å². The number of ether oxygens (including phenoxy) is 1. The first kappa shape index (κ1) is 18.9. The van der Waals surface area contributed by atoms with Crippen molar-refractivity contribution in [2.75, 3.05) is 25.1 Å². The van der Waals surface area contributed by atoms with Crippen molar-refractivity contribution in [3.8, 4) is 5.75 Å². The Labute approximate surface area is 166 Å². The molecule has 0 bridgehead atoms. The molecule has 4 rings (SSSR count). The maximum absolute atomic E-state index is 13.6. The Morgan fingerprint density at radius 1 is 1.21 bits per heavy atom. The molecule has 1 aromatic carbocycles. The van der Waals surface area contributed by atoms with Gasteiger partial charge in [-0.05, 0) is 82.8 Å². The minimum Gasteiger partial charge on any atom is -0.497 e. The Kier molecular flexibility index (Phi) is 5.35. The molecule has 1 atom stereocenters. The molecule has 1 amide bonds. The highest BCUT2D eigenvalue weighted by Gasteiger charge is 2.37. The first-order chi connectivity index (χ1) is 13.6. The summed E-state index contributed by atoms with van der Waals surface area (Å²) < 4.78 is 7.22. The van der Waals surface area contributed by atoms with Crippen molar-refractivity contribution in [1.29, 1.82) is 0 Å². The number of carbonyl (C=O) groups excluding carboxylic acids is 1. The summed E-state index contributed by atoms with van der Waals surface area (Å²) in [5.41, 5.74) is 2.20. The minimum atomic E-state index is -0.0674. The van der Waals surface area contributed by atoms with E-state index >= 15 is 0 Å². The van der Waals surface area contributed by atoms with E-state index in [1.807, 2.05) is 40.8 Å². The van der Waals surface area contributed by atoms with Gasteiger partial charge in [0.25, 0.3) is 5.91 Å². The van der Waals surface area contributed by atoms with Crippen LogP contribution in [0.25, 0.3) is 0 Å². The molecule has 28 heavy (non-hydrogen) atoms. The average molecular weight is 383 g/mol. The number of aromatic nitrogens is 3. The summed E-state index contributed by atoms with van der Waals surface area (Å²) in [5, 5.41) is 12.0. The van der Waals surface area contributed by atoms with E-state index in [0.29, 0.717) is 17.7 Å². The number of amides is 1. The van der Waals surface area contributed by atoms with E-state index < -0.39 is 0 Å². The summed E-state index contributed by atoms with van der Waals surface area (Å²) in [7, 11) is 1.65. The maximum atomic E-state index is 13.6. The van der Waals surface area contributed by atoms with Gasteiger partial charge in [-0.1, -0.05) is 5.21 Å². The van der Waals surface area contributed by atoms with Crippen molar-refractivity contribution >= 4 is 11.6 Å². The lowest BCUT2D eigenvalue weighted by atomic mass is 10.1. The van der Waals surface area contributed by atoms with Gasteiger partial charge in [0, 0.05) is 11.7 Å². The number of methoxy groups -OCH3 is 1. The number of nitrogens with one attached hydrogen (secondary N) is 1. The van der Waals surface area contributed by atoms with Crippen molar-refractivity contribution < 1.29 is 9.53 Å². The molecule has 2 heterocycles. The molecule has 2 aromatic rings. The van der Waals surface area contributed by atoms with Crippen molar-refractivity contribution in [3.05, 3.63) is 35.7 Å². The number of piperidine rings is 1. The van der Waals surface area contributed by atoms with Gasteiger partial charge in [0.05, 0.1) is 18.8 Å². The molecule has 1 aliphatic heterocycles. The first-order valence-electron chi connectivity index (χ1n) is 10.2. The molecular weight excluding hydrogens is 354 g/mol. The fraction of sp³-hybridized carbons (Fsp3) is 0.571. The van der Waals surface area contributed by atoms with Crippen LogP contribution < -0.4 is 15.0 Å². The second kappa shape index (κ2) is 7.91. The normalized spacial score (nSPS) is 18.7. The van der Waals surface area contributed by atoms with Gasteiger partial charge in [-0.2, -0.15) is 0 Å². The molecule has 1 saturated carbocycles. The van der Waals surface area contributed by atoms with Crippen LogP contribution in [0.3, 0.4) is 0 Å². The van der Waals surface area contributed by atoms with Gasteiger partial charge in [-0.15, -0.1) is 5.10 Å². The first-order valence-corrected chi connectivity index (χ1v) is 10.2. The summed E-state index contributed by atoms with van der Waals surface area (Å²) in [6.07, 6.45) is 4.36. The SMILES string of the molecule is COc1ccc(N(C(=O)c2nnn(C3CCNCC3)c2C)C(C)C2CC2)cc1. The molecule has 0 spiro atoms. The summed E-state index contributed by atoms with van der Waals surface area (Å²) in [4.78, 5) is 15.4. The lowest BCUT2D eigenvalue weighted by Crippen LogP contribution is -2.40. The van der Waals surface area contributed by atoms with Crippen LogP contribution >= 0.6 is 0 Å². The fourth-order valence-corrected chi connectivity index (χ4v) is 4.12. The third-order valence-corrected chi connectivity index (χ3v) is 6.07. The van der Waals surface area contributed by atoms with Gasteiger partial charge in [-0.3, -0.25) is 4.79 Å². The molecular formula is C21H29N5O2. The average Bonchev–Trinajstić information content (AvgIpc) is 3.51. The van der Waals surface area contributed by atoms with Crippen LogP contribution in [0.1, 0.15) is 54.8 Å². The summed E-state index contributed by atoms with van der Waals surface area (Å²) >= 11 is 0. The molecule has 2 aliphatic rings. The minimum absolute atomic E-state index is 0.0674. The van der Waals surface area contributed by atoms with Gasteiger partial charge < -0.3 is 15.0 Å². The number of rotatable bonds is 6. The van der Waals surface area contributed by atoms with Crippen LogP contribution in [-0.4, -0.2) is 47.1 Å². The third-order valence-electron chi connectivity index (χ3n) is 6.07. The predicted octanol–water partition coefficient (Wildman–Crippen LogP) is 2.96. The Balaban J connectivity index is 1.64. The smallest absolute Gasteiger partial charge is 0.280 e. The fourth-order valence-electron chi connectivity index (χ4n) is 4.12. The van der Waals surface area contributed by atoms with Gasteiger partial charge in [-0.25, -0.2) is 4.68 Å². The van der Waals surface area contributed by atoms with E-state index in [-0.39, 0.29) is 11.9 Å². The zero-order valence-electron chi connectivity index (χ0n) is 16.9. The number of anilines is 1. The standard InChI is InChI=1S/C21H29N5O2/c1-14(16-4-5-16)25(17-6-8-19(28-3)9-7-17)21(27)20-15(2)26(24-23-20)18-10-12-22-13-11-18/h6-9,14,16,18,22H,4-5,10-13H2,1-3H3. The molecule has 1 unspecified atom stereocenters. The van der Waals surface area contributed by atoms with Crippen LogP contribution in [0.2, 0.25) is 0 Å². The summed E-state index contributed by atoms with van der Waals surface area (Å²) in [6, 6.07) is 8.13. The van der Waals surface area contributed by atoms with Gasteiger partial charge in [0.15, 0.2) is 5.69 Å². The van der Waals surface area contributed by atoms with Gasteiger partial charge in [0.2, 0.25) is 0 Å². The molecule has 1 aliphatic carbocycles. The van der Waals surface area contributed by atoms with Crippen LogP contribution in [0, 0.1) is 12.8 Å². The van der Waals surface area contributed by atoms with Crippen LogP contribution in [-0.2, 0) is 0 Å². The highest BCUT2D eigenvalue weighted by atomic mass is 16.5. The zero-order chi connectivity index (χ0) is 19.7. The largest absolute Gasteiger partial charge is 0.497 e. The Morgan fingerprint density at radius 3 is 2.50 bits per heavy atom. The second-order valence-electron chi connectivity index (χ2n) is 7.90. The van der Waals surface area contributed by atoms with E-state index in [0.717, 1.165) is 43.1 Å². The van der Waals surface area contributed by atoms with Gasteiger partial charge in [0.1, 0.15) is 5.75 Å². The van der Waals surface area contributed by atoms with E-state index in [1.165, 1.54) is 12.8 Å². The van der Waals surface area contributed by atoms with Crippen molar-refractivity contribution in [1.82, 2.24) is 20.3 Å². The van der Waals surface area contributed by atoms with Crippen molar-refractivity contribution in [2.45, 2.75) is 51.6 Å². The Morgan fingerprint density at radius 2 is 1.89 bits per heavy atom. The van der Waals surface area contributed by atoms with Crippen molar-refractivity contribution in [3.63, 3.8) is 0 Å². The van der Waals surface area contributed by atoms with Gasteiger partial charge >= 0.3 is 0 Å². The molecule has 7 heteroatoms.